The van der Waals surface area contributed by atoms with E-state index in [1.54, 1.807) is 11.8 Å². The van der Waals surface area contributed by atoms with E-state index in [2.05, 4.69) is 19.2 Å². The van der Waals surface area contributed by atoms with Gasteiger partial charge in [-0.2, -0.15) is 0 Å². The van der Waals surface area contributed by atoms with Crippen LogP contribution in [-0.4, -0.2) is 44.0 Å². The van der Waals surface area contributed by atoms with Gasteiger partial charge in [-0.05, 0) is 30.5 Å². The molecule has 0 bridgehead atoms. The largest absolute Gasteiger partial charge is 0.305 e. The predicted octanol–water partition coefficient (Wildman–Crippen LogP) is 1.30. The van der Waals surface area contributed by atoms with Crippen molar-refractivity contribution in [1.29, 1.82) is 0 Å². The fourth-order valence-corrected chi connectivity index (χ4v) is 5.25. The zero-order valence-corrected chi connectivity index (χ0v) is 13.9. The summed E-state index contributed by atoms with van der Waals surface area (Å²) < 4.78 is 23.9. The second kappa shape index (κ2) is 5.35. The standard InChI is InChI=1S/C16H22N2O3S/c1-10(2)12-4-6-13(7-5-12)18-15-9-22(20,21)8-14(15)17-11(3)16(18)19/h4-7,10-11,14-15,17H,8-9H2,1-3H3/t11-,14+,15-/m0/s1. The first-order valence-corrected chi connectivity index (χ1v) is 9.50. The first-order valence-electron chi connectivity index (χ1n) is 7.68. The number of hydrogen-bond acceptors (Lipinski definition) is 4. The molecule has 2 fully saturated rings. The average Bonchev–Trinajstić information content (AvgIpc) is 2.74. The van der Waals surface area contributed by atoms with Crippen molar-refractivity contribution >= 4 is 21.4 Å². The highest BCUT2D eigenvalue weighted by molar-refractivity contribution is 7.91. The van der Waals surface area contributed by atoms with Gasteiger partial charge in [-0.25, -0.2) is 8.42 Å². The minimum Gasteiger partial charge on any atom is -0.305 e. The molecule has 0 spiro atoms. The lowest BCUT2D eigenvalue weighted by atomic mass is 9.99. The molecule has 0 aliphatic carbocycles. The van der Waals surface area contributed by atoms with E-state index in [9.17, 15) is 13.2 Å². The lowest BCUT2D eigenvalue weighted by molar-refractivity contribution is -0.122. The molecular weight excluding hydrogens is 300 g/mol. The topological polar surface area (TPSA) is 66.5 Å². The van der Waals surface area contributed by atoms with Crippen LogP contribution in [0, 0.1) is 0 Å². The Balaban J connectivity index is 1.97. The summed E-state index contributed by atoms with van der Waals surface area (Å²) in [6, 6.07) is 7.03. The van der Waals surface area contributed by atoms with Gasteiger partial charge in [-0.15, -0.1) is 0 Å². The van der Waals surface area contributed by atoms with E-state index in [0.717, 1.165) is 5.69 Å². The first kappa shape index (κ1) is 15.5. The molecule has 1 aromatic rings. The summed E-state index contributed by atoms with van der Waals surface area (Å²) in [4.78, 5) is 14.2. The molecule has 0 radical (unpaired) electrons. The van der Waals surface area contributed by atoms with Gasteiger partial charge in [0.15, 0.2) is 9.84 Å². The summed E-state index contributed by atoms with van der Waals surface area (Å²) >= 11 is 0. The van der Waals surface area contributed by atoms with E-state index < -0.39 is 9.84 Å². The number of hydrogen-bond donors (Lipinski definition) is 1. The van der Waals surface area contributed by atoms with Crippen LogP contribution in [0.2, 0.25) is 0 Å². The third-order valence-electron chi connectivity index (χ3n) is 4.56. The van der Waals surface area contributed by atoms with Crippen LogP contribution in [0.25, 0.3) is 0 Å². The van der Waals surface area contributed by atoms with Crippen molar-refractivity contribution in [2.75, 3.05) is 16.4 Å². The SMILES string of the molecule is CC(C)c1ccc(N2C(=O)[C@H](C)N[C@@H]3CS(=O)(=O)C[C@@H]32)cc1. The normalized spacial score (nSPS) is 30.6. The number of carbonyl (C=O) groups is 1. The third-order valence-corrected chi connectivity index (χ3v) is 6.28. The van der Waals surface area contributed by atoms with E-state index in [1.165, 1.54) is 5.56 Å². The molecule has 0 saturated carbocycles. The molecule has 2 aliphatic rings. The molecule has 1 amide bonds. The number of carbonyl (C=O) groups excluding carboxylic acids is 1. The monoisotopic (exact) mass is 322 g/mol. The Morgan fingerprint density at radius 1 is 1.18 bits per heavy atom. The smallest absolute Gasteiger partial charge is 0.244 e. The molecule has 2 aliphatic heterocycles. The number of nitrogens with one attached hydrogen (secondary N) is 1. The van der Waals surface area contributed by atoms with Gasteiger partial charge in [0, 0.05) is 11.7 Å². The number of nitrogens with zero attached hydrogens (tertiary/aromatic N) is 1. The zero-order chi connectivity index (χ0) is 16.1. The molecule has 3 rings (SSSR count). The lowest BCUT2D eigenvalue weighted by Crippen LogP contribution is -2.64. The van der Waals surface area contributed by atoms with Crippen molar-refractivity contribution in [2.24, 2.45) is 0 Å². The van der Waals surface area contributed by atoms with Gasteiger partial charge < -0.3 is 10.2 Å². The Morgan fingerprint density at radius 2 is 1.82 bits per heavy atom. The lowest BCUT2D eigenvalue weighted by Gasteiger charge is -2.40. The second-order valence-corrected chi connectivity index (χ2v) is 8.75. The van der Waals surface area contributed by atoms with Crippen molar-refractivity contribution in [3.8, 4) is 0 Å². The van der Waals surface area contributed by atoms with Crippen molar-refractivity contribution in [3.05, 3.63) is 29.8 Å². The Morgan fingerprint density at radius 3 is 2.41 bits per heavy atom. The number of piperazine rings is 1. The van der Waals surface area contributed by atoms with E-state index in [1.807, 2.05) is 24.3 Å². The number of sulfone groups is 1. The van der Waals surface area contributed by atoms with E-state index in [-0.39, 0.29) is 35.5 Å². The van der Waals surface area contributed by atoms with Crippen LogP contribution < -0.4 is 10.2 Å². The highest BCUT2D eigenvalue weighted by Gasteiger charge is 2.48. The molecule has 0 aromatic heterocycles. The molecular formula is C16H22N2O3S. The molecule has 2 saturated heterocycles. The van der Waals surface area contributed by atoms with Crippen LogP contribution in [0.1, 0.15) is 32.3 Å². The Hall–Kier alpha value is -1.40. The van der Waals surface area contributed by atoms with Crippen molar-refractivity contribution in [1.82, 2.24) is 5.32 Å². The summed E-state index contributed by atoms with van der Waals surface area (Å²) in [6.45, 7) is 6.03. The molecule has 22 heavy (non-hydrogen) atoms. The zero-order valence-electron chi connectivity index (χ0n) is 13.1. The Bertz CT molecular complexity index is 682. The van der Waals surface area contributed by atoms with Crippen LogP contribution in [0.4, 0.5) is 5.69 Å². The van der Waals surface area contributed by atoms with Gasteiger partial charge in [0.2, 0.25) is 5.91 Å². The maximum Gasteiger partial charge on any atom is 0.244 e. The third kappa shape index (κ3) is 2.65. The number of fused-ring (bicyclic) bond motifs is 1. The summed E-state index contributed by atoms with van der Waals surface area (Å²) in [5, 5.41) is 3.14. The van der Waals surface area contributed by atoms with E-state index in [4.69, 9.17) is 0 Å². The summed E-state index contributed by atoms with van der Waals surface area (Å²) in [5.74, 6) is 0.507. The number of rotatable bonds is 2. The van der Waals surface area contributed by atoms with E-state index >= 15 is 0 Å². The number of amides is 1. The van der Waals surface area contributed by atoms with Crippen molar-refractivity contribution in [3.63, 3.8) is 0 Å². The van der Waals surface area contributed by atoms with Crippen molar-refractivity contribution in [2.45, 2.75) is 44.8 Å². The quantitative estimate of drug-likeness (QED) is 0.891. The molecule has 5 nitrogen and oxygen atoms in total. The summed E-state index contributed by atoms with van der Waals surface area (Å²) in [5.41, 5.74) is 1.99. The minimum absolute atomic E-state index is 0.0368. The van der Waals surface area contributed by atoms with Crippen molar-refractivity contribution < 1.29 is 13.2 Å². The Kier molecular flexibility index (Phi) is 3.77. The van der Waals surface area contributed by atoms with E-state index in [0.29, 0.717) is 5.92 Å². The minimum atomic E-state index is -3.09. The average molecular weight is 322 g/mol. The molecule has 1 aromatic carbocycles. The molecule has 3 atom stereocenters. The van der Waals surface area contributed by atoms with Crippen LogP contribution >= 0.6 is 0 Å². The highest BCUT2D eigenvalue weighted by Crippen LogP contribution is 2.30. The molecule has 2 heterocycles. The molecule has 6 heteroatoms. The number of benzene rings is 1. The number of anilines is 1. The summed E-state index contributed by atoms with van der Waals surface area (Å²) in [7, 11) is -3.09. The van der Waals surface area contributed by atoms with Crippen LogP contribution in [-0.2, 0) is 14.6 Å². The van der Waals surface area contributed by atoms with Gasteiger partial charge in [0.1, 0.15) is 0 Å². The van der Waals surface area contributed by atoms with Gasteiger partial charge >= 0.3 is 0 Å². The van der Waals surface area contributed by atoms with Gasteiger partial charge in [-0.1, -0.05) is 26.0 Å². The highest BCUT2D eigenvalue weighted by atomic mass is 32.2. The molecule has 1 N–H and O–H groups in total. The van der Waals surface area contributed by atoms with Gasteiger partial charge in [-0.3, -0.25) is 4.79 Å². The summed E-state index contributed by atoms with van der Waals surface area (Å²) in [6.07, 6.45) is 0. The first-order chi connectivity index (χ1) is 10.3. The maximum absolute atomic E-state index is 12.6. The molecule has 120 valence electrons. The molecule has 0 unspecified atom stereocenters. The second-order valence-electron chi connectivity index (χ2n) is 6.59. The fourth-order valence-electron chi connectivity index (χ4n) is 3.35. The van der Waals surface area contributed by atoms with Crippen LogP contribution in [0.3, 0.4) is 0 Å². The van der Waals surface area contributed by atoms with Crippen LogP contribution in [0.15, 0.2) is 24.3 Å². The van der Waals surface area contributed by atoms with Gasteiger partial charge in [0.25, 0.3) is 0 Å². The maximum atomic E-state index is 12.6. The Labute approximate surface area is 131 Å². The fraction of sp³-hybridized carbons (Fsp3) is 0.562. The predicted molar refractivity (Wildman–Crippen MR) is 86.8 cm³/mol. The van der Waals surface area contributed by atoms with Crippen LogP contribution in [0.5, 0.6) is 0 Å². The van der Waals surface area contributed by atoms with Gasteiger partial charge in [0.05, 0.1) is 23.6 Å².